The van der Waals surface area contributed by atoms with Gasteiger partial charge in [-0.05, 0) is 12.3 Å². The van der Waals surface area contributed by atoms with Crippen LogP contribution in [0.5, 0.6) is 0 Å². The van der Waals surface area contributed by atoms with Gasteiger partial charge >= 0.3 is 0 Å². The molecule has 1 fully saturated rings. The van der Waals surface area contributed by atoms with E-state index in [9.17, 15) is 0 Å². The van der Waals surface area contributed by atoms with E-state index in [1.165, 1.54) is 0 Å². The van der Waals surface area contributed by atoms with E-state index in [0.29, 0.717) is 5.92 Å². The normalized spacial score (nSPS) is 27.9. The molecule has 1 rings (SSSR count). The predicted octanol–water partition coefficient (Wildman–Crippen LogP) is 2.37. The highest BCUT2D eigenvalue weighted by molar-refractivity contribution is 5.84. The second-order valence-corrected chi connectivity index (χ2v) is 5.58. The molecule has 0 aromatic carbocycles. The number of methoxy groups -OCH3 is 1. The third kappa shape index (κ3) is 2.94. The highest BCUT2D eigenvalue weighted by Gasteiger charge is 2.31. The van der Waals surface area contributed by atoms with Crippen molar-refractivity contribution in [1.82, 2.24) is 4.90 Å². The highest BCUT2D eigenvalue weighted by atomic mass is 16.5. The summed E-state index contributed by atoms with van der Waals surface area (Å²) < 4.78 is 5.46. The summed E-state index contributed by atoms with van der Waals surface area (Å²) in [5, 5.41) is 8.14. The van der Waals surface area contributed by atoms with Crippen LogP contribution in [0, 0.1) is 16.7 Å². The van der Waals surface area contributed by atoms with Crippen LogP contribution in [-0.2, 0) is 4.74 Å². The number of hydrogen-bond acceptors (Lipinski definition) is 2. The molecule has 0 aromatic rings. The van der Waals surface area contributed by atoms with Crippen molar-refractivity contribution in [3.63, 3.8) is 0 Å². The predicted molar refractivity (Wildman–Crippen MR) is 63.3 cm³/mol. The van der Waals surface area contributed by atoms with Crippen LogP contribution in [0.3, 0.4) is 0 Å². The van der Waals surface area contributed by atoms with Crippen molar-refractivity contribution >= 4 is 5.84 Å². The topological polar surface area (TPSA) is 36.3 Å². The van der Waals surface area contributed by atoms with E-state index in [2.05, 4.69) is 32.6 Å². The van der Waals surface area contributed by atoms with E-state index in [-0.39, 0.29) is 11.5 Å². The Morgan fingerprint density at radius 3 is 2.47 bits per heavy atom. The fourth-order valence-electron chi connectivity index (χ4n) is 2.02. The summed E-state index contributed by atoms with van der Waals surface area (Å²) in [7, 11) is 1.77. The van der Waals surface area contributed by atoms with Gasteiger partial charge in [0.25, 0.3) is 0 Å². The van der Waals surface area contributed by atoms with Gasteiger partial charge in [0.2, 0.25) is 0 Å². The summed E-state index contributed by atoms with van der Waals surface area (Å²) in [6, 6.07) is 0. The average molecular weight is 212 g/mol. The first kappa shape index (κ1) is 12.5. The van der Waals surface area contributed by atoms with Gasteiger partial charge in [-0.3, -0.25) is 5.41 Å². The van der Waals surface area contributed by atoms with Crippen molar-refractivity contribution in [2.45, 2.75) is 40.2 Å². The lowest BCUT2D eigenvalue weighted by molar-refractivity contribution is 0.0127. The first-order chi connectivity index (χ1) is 6.86. The second-order valence-electron chi connectivity index (χ2n) is 5.58. The number of nitrogens with one attached hydrogen (secondary N) is 1. The van der Waals surface area contributed by atoms with Crippen LogP contribution in [0.15, 0.2) is 0 Å². The van der Waals surface area contributed by atoms with E-state index >= 15 is 0 Å². The third-order valence-corrected chi connectivity index (χ3v) is 3.22. The lowest BCUT2D eigenvalue weighted by atomic mass is 9.90. The Morgan fingerprint density at radius 2 is 2.00 bits per heavy atom. The van der Waals surface area contributed by atoms with Crippen LogP contribution in [0.2, 0.25) is 0 Å². The Morgan fingerprint density at radius 1 is 1.40 bits per heavy atom. The van der Waals surface area contributed by atoms with Crippen molar-refractivity contribution in [3.8, 4) is 0 Å². The maximum Gasteiger partial charge on any atom is 0.101 e. The minimum absolute atomic E-state index is 0.0567. The molecule has 2 unspecified atom stereocenters. The van der Waals surface area contributed by atoms with E-state index in [1.807, 2.05) is 0 Å². The first-order valence-electron chi connectivity index (χ1n) is 5.73. The monoisotopic (exact) mass is 212 g/mol. The van der Waals surface area contributed by atoms with Gasteiger partial charge in [-0.25, -0.2) is 0 Å². The van der Waals surface area contributed by atoms with Crippen LogP contribution >= 0.6 is 0 Å². The van der Waals surface area contributed by atoms with Crippen molar-refractivity contribution in [1.29, 1.82) is 5.41 Å². The minimum Gasteiger partial charge on any atom is -0.379 e. The van der Waals surface area contributed by atoms with Crippen molar-refractivity contribution in [2.24, 2.45) is 11.3 Å². The quantitative estimate of drug-likeness (QED) is 0.535. The molecule has 1 saturated heterocycles. The molecule has 3 heteroatoms. The Hall–Kier alpha value is -0.570. The molecule has 15 heavy (non-hydrogen) atoms. The summed E-state index contributed by atoms with van der Waals surface area (Å²) >= 11 is 0. The third-order valence-electron chi connectivity index (χ3n) is 3.22. The number of rotatable bonds is 1. The average Bonchev–Trinajstić information content (AvgIpc) is 2.16. The molecule has 88 valence electrons. The number of likely N-dealkylation sites (tertiary alicyclic amines) is 1. The number of ether oxygens (including phenoxy) is 1. The van der Waals surface area contributed by atoms with E-state index < -0.39 is 0 Å². The van der Waals surface area contributed by atoms with Gasteiger partial charge in [-0.1, -0.05) is 27.7 Å². The molecule has 0 aliphatic carbocycles. The van der Waals surface area contributed by atoms with Crippen LogP contribution in [0.1, 0.15) is 34.1 Å². The molecule has 0 aromatic heterocycles. The van der Waals surface area contributed by atoms with Crippen LogP contribution in [0.4, 0.5) is 0 Å². The Labute approximate surface area is 93.3 Å². The van der Waals surface area contributed by atoms with E-state index in [1.54, 1.807) is 7.11 Å². The molecule has 2 atom stereocenters. The fraction of sp³-hybridized carbons (Fsp3) is 0.917. The molecule has 1 aliphatic heterocycles. The molecule has 0 radical (unpaired) electrons. The molecular formula is C12H24N2O. The van der Waals surface area contributed by atoms with Gasteiger partial charge in [0, 0.05) is 25.6 Å². The maximum absolute atomic E-state index is 8.14. The molecule has 3 nitrogen and oxygen atoms in total. The maximum atomic E-state index is 8.14. The molecule has 0 saturated carbocycles. The van der Waals surface area contributed by atoms with Crippen LogP contribution < -0.4 is 0 Å². The number of nitrogens with zero attached hydrogens (tertiary/aromatic N) is 1. The summed E-state index contributed by atoms with van der Waals surface area (Å²) in [6.07, 6.45) is 1.40. The van der Waals surface area contributed by atoms with E-state index in [0.717, 1.165) is 25.3 Å². The minimum atomic E-state index is -0.0567. The Bertz CT molecular complexity index is 232. The van der Waals surface area contributed by atoms with Gasteiger partial charge in [-0.15, -0.1) is 0 Å². The van der Waals surface area contributed by atoms with E-state index in [4.69, 9.17) is 10.1 Å². The van der Waals surface area contributed by atoms with Gasteiger partial charge in [0.05, 0.1) is 6.10 Å². The molecule has 0 amide bonds. The summed E-state index contributed by atoms with van der Waals surface area (Å²) in [6.45, 7) is 10.4. The van der Waals surface area contributed by atoms with Crippen molar-refractivity contribution < 1.29 is 4.74 Å². The van der Waals surface area contributed by atoms with Gasteiger partial charge in [0.1, 0.15) is 5.84 Å². The van der Waals surface area contributed by atoms with Crippen molar-refractivity contribution in [3.05, 3.63) is 0 Å². The first-order valence-corrected chi connectivity index (χ1v) is 5.73. The van der Waals surface area contributed by atoms with Crippen LogP contribution in [-0.4, -0.2) is 37.0 Å². The molecule has 1 heterocycles. The molecule has 0 spiro atoms. The molecular weight excluding hydrogens is 188 g/mol. The number of amidine groups is 1. The van der Waals surface area contributed by atoms with Gasteiger partial charge in [0.15, 0.2) is 0 Å². The smallest absolute Gasteiger partial charge is 0.101 e. The highest BCUT2D eigenvalue weighted by Crippen LogP contribution is 2.24. The zero-order valence-electron chi connectivity index (χ0n) is 10.6. The zero-order valence-corrected chi connectivity index (χ0v) is 10.6. The largest absolute Gasteiger partial charge is 0.379 e. The summed E-state index contributed by atoms with van der Waals surface area (Å²) in [5.41, 5.74) is -0.0567. The SMILES string of the molecule is COC1CN(C(=N)C(C)(C)C)CCC1C. The van der Waals surface area contributed by atoms with Gasteiger partial charge in [-0.2, -0.15) is 0 Å². The Kier molecular flexibility index (Phi) is 3.77. The van der Waals surface area contributed by atoms with Crippen molar-refractivity contribution in [2.75, 3.05) is 20.2 Å². The number of piperidine rings is 1. The summed E-state index contributed by atoms with van der Waals surface area (Å²) in [5.74, 6) is 1.34. The molecule has 1 aliphatic rings. The number of hydrogen-bond donors (Lipinski definition) is 1. The lowest BCUT2D eigenvalue weighted by Crippen LogP contribution is -2.49. The van der Waals surface area contributed by atoms with Gasteiger partial charge < -0.3 is 9.64 Å². The second kappa shape index (κ2) is 4.52. The fourth-order valence-corrected chi connectivity index (χ4v) is 2.02. The lowest BCUT2D eigenvalue weighted by Gasteiger charge is -2.40. The Balaban J connectivity index is 2.62. The van der Waals surface area contributed by atoms with Crippen LogP contribution in [0.25, 0.3) is 0 Å². The zero-order chi connectivity index (χ0) is 11.6. The molecule has 0 bridgehead atoms. The standard InChI is InChI=1S/C12H24N2O/c1-9-6-7-14(8-10(9)15-5)11(13)12(2,3)4/h9-10,13H,6-8H2,1-5H3. The summed E-state index contributed by atoms with van der Waals surface area (Å²) in [4.78, 5) is 2.16. The molecule has 1 N–H and O–H groups in total.